The highest BCUT2D eigenvalue weighted by molar-refractivity contribution is 9.10. The summed E-state index contributed by atoms with van der Waals surface area (Å²) in [6.07, 6.45) is 2.91. The van der Waals surface area contributed by atoms with Crippen molar-refractivity contribution in [3.05, 3.63) is 88.3 Å². The Balaban J connectivity index is 1.27. The minimum atomic E-state index is -0.986. The Hall–Kier alpha value is -3.40. The van der Waals surface area contributed by atoms with Gasteiger partial charge in [0.25, 0.3) is 0 Å². The molecule has 184 valence electrons. The highest BCUT2D eigenvalue weighted by Crippen LogP contribution is 2.33. The Morgan fingerprint density at radius 2 is 1.92 bits per heavy atom. The summed E-state index contributed by atoms with van der Waals surface area (Å²) in [5.74, 6) is 0.463. The number of nitrogens with zero attached hydrogens (tertiary/aromatic N) is 3. The van der Waals surface area contributed by atoms with Crippen LogP contribution in [0.1, 0.15) is 34.3 Å². The molecule has 0 saturated heterocycles. The molecule has 1 aliphatic carbocycles. The summed E-state index contributed by atoms with van der Waals surface area (Å²) in [4.78, 5) is 25.7. The van der Waals surface area contributed by atoms with Gasteiger partial charge in [0.1, 0.15) is 24.1 Å². The van der Waals surface area contributed by atoms with Crippen molar-refractivity contribution in [2.24, 2.45) is 5.92 Å². The number of nitrogens with one attached hydrogen (secondary N) is 1. The number of nitrogens with two attached hydrogens (primary N) is 1. The highest BCUT2D eigenvalue weighted by atomic mass is 79.9. The maximum atomic E-state index is 13.0. The van der Waals surface area contributed by atoms with E-state index in [2.05, 4.69) is 36.2 Å². The Morgan fingerprint density at radius 3 is 2.72 bits per heavy atom. The predicted octanol–water partition coefficient (Wildman–Crippen LogP) is 3.76. The van der Waals surface area contributed by atoms with Crippen molar-refractivity contribution in [1.82, 2.24) is 15.0 Å². The van der Waals surface area contributed by atoms with Crippen LogP contribution in [0.5, 0.6) is 0 Å². The van der Waals surface area contributed by atoms with E-state index in [9.17, 15) is 15.0 Å². The average molecular weight is 548 g/mol. The highest BCUT2D eigenvalue weighted by Gasteiger charge is 2.41. The Kier molecular flexibility index (Phi) is 6.95. The third-order valence-corrected chi connectivity index (χ3v) is 7.42. The number of carbonyl (C=O) groups excluding carboxylic acids is 1. The first kappa shape index (κ1) is 24.3. The third kappa shape index (κ3) is 4.95. The number of hydrogen-bond acceptors (Lipinski definition) is 8. The number of rotatable bonds is 7. The molecular weight excluding hydrogens is 522 g/mol. The number of aliphatic hydroxyl groups excluding tert-OH is 2. The summed E-state index contributed by atoms with van der Waals surface area (Å²) in [6.45, 7) is 0. The van der Waals surface area contributed by atoms with E-state index in [0.29, 0.717) is 35.6 Å². The number of hydrogen-bond donors (Lipinski definition) is 4. The maximum Gasteiger partial charge on any atom is 0.198 e. The van der Waals surface area contributed by atoms with E-state index in [1.165, 1.54) is 12.5 Å². The summed E-state index contributed by atoms with van der Waals surface area (Å²) < 4.78 is 0.765. The third-order valence-electron chi connectivity index (χ3n) is 6.78. The normalized spacial score (nSPS) is 21.5. The van der Waals surface area contributed by atoms with Crippen LogP contribution in [0.4, 0.5) is 11.6 Å². The van der Waals surface area contributed by atoms with Crippen LogP contribution in [0.25, 0.3) is 10.9 Å². The molecule has 2 aromatic heterocycles. The summed E-state index contributed by atoms with van der Waals surface area (Å²) >= 11 is 3.40. The Labute approximate surface area is 216 Å². The first-order valence-corrected chi connectivity index (χ1v) is 12.6. The van der Waals surface area contributed by atoms with Crippen molar-refractivity contribution in [2.75, 3.05) is 11.1 Å². The molecule has 2 heterocycles. The first-order valence-electron chi connectivity index (χ1n) is 11.8. The van der Waals surface area contributed by atoms with E-state index in [4.69, 9.17) is 5.73 Å². The van der Waals surface area contributed by atoms with E-state index in [0.717, 1.165) is 27.4 Å². The lowest BCUT2D eigenvalue weighted by Crippen LogP contribution is -2.35. The van der Waals surface area contributed by atoms with Crippen molar-refractivity contribution in [2.45, 2.75) is 37.5 Å². The van der Waals surface area contributed by atoms with Crippen molar-refractivity contribution >= 4 is 44.3 Å². The van der Waals surface area contributed by atoms with Gasteiger partial charge in [-0.15, -0.1) is 0 Å². The van der Waals surface area contributed by atoms with Crippen LogP contribution in [0, 0.1) is 5.92 Å². The molecule has 4 atom stereocenters. The van der Waals surface area contributed by atoms with Crippen molar-refractivity contribution in [1.29, 1.82) is 0 Å². The van der Waals surface area contributed by atoms with Crippen LogP contribution in [-0.4, -0.2) is 49.2 Å². The number of pyridine rings is 1. The van der Waals surface area contributed by atoms with Gasteiger partial charge in [-0.1, -0.05) is 42.5 Å². The van der Waals surface area contributed by atoms with Gasteiger partial charge >= 0.3 is 0 Å². The number of halogens is 1. The molecule has 9 heteroatoms. The molecule has 5 N–H and O–H groups in total. The number of aliphatic hydroxyl groups is 2. The fourth-order valence-corrected chi connectivity index (χ4v) is 5.13. The zero-order chi connectivity index (χ0) is 25.2. The fourth-order valence-electron chi connectivity index (χ4n) is 4.80. The average Bonchev–Trinajstić information content (AvgIpc) is 3.16. The van der Waals surface area contributed by atoms with Crippen LogP contribution >= 0.6 is 15.9 Å². The Morgan fingerprint density at radius 1 is 1.11 bits per heavy atom. The van der Waals surface area contributed by atoms with Gasteiger partial charge in [0, 0.05) is 17.1 Å². The molecule has 2 aromatic carbocycles. The number of aromatic nitrogens is 3. The fraction of sp³-hybridized carbons (Fsp3) is 0.259. The van der Waals surface area contributed by atoms with E-state index < -0.39 is 18.2 Å². The zero-order valence-electron chi connectivity index (χ0n) is 19.4. The number of nitrogen functional groups attached to an aromatic ring is 1. The summed E-state index contributed by atoms with van der Waals surface area (Å²) in [7, 11) is 0. The van der Waals surface area contributed by atoms with Crippen LogP contribution in [0.2, 0.25) is 0 Å². The minimum absolute atomic E-state index is 0.119. The quantitative estimate of drug-likeness (QED) is 0.257. The van der Waals surface area contributed by atoms with Gasteiger partial charge in [-0.2, -0.15) is 0 Å². The standard InChI is InChI=1S/C27H26BrN5O3/c28-20-11-17-8-6-15(10-21(17)32-26(20)29)7-9-18-12-22(25(36)24(18)35)33-27-19(13-30-14-31-27)23(34)16-4-2-1-3-5-16/h1-6,8,10-11,13-14,18,22,24-25,35-36H,7,9,12H2,(H2,29,32)(H,30,31,33)/t18-,22+,24+,25-/m0/s1. The molecular formula is C27H26BrN5O3. The van der Waals surface area contributed by atoms with Crippen LogP contribution in [0.3, 0.4) is 0 Å². The molecule has 1 fully saturated rings. The van der Waals surface area contributed by atoms with Gasteiger partial charge in [0.05, 0.1) is 27.7 Å². The molecule has 0 bridgehead atoms. The van der Waals surface area contributed by atoms with Crippen LogP contribution in [0.15, 0.2) is 71.6 Å². The molecule has 0 aliphatic heterocycles. The van der Waals surface area contributed by atoms with Gasteiger partial charge in [0.2, 0.25) is 0 Å². The SMILES string of the molecule is Nc1nc2cc(CC[C@H]3C[C@@H](Nc4ncncc4C(=O)c4ccccc4)[C@H](O)[C@@H]3O)ccc2cc1Br. The number of carbonyl (C=O) groups is 1. The second-order valence-corrected chi connectivity index (χ2v) is 9.98. The molecule has 1 aliphatic rings. The smallest absolute Gasteiger partial charge is 0.198 e. The topological polar surface area (TPSA) is 134 Å². The second-order valence-electron chi connectivity index (χ2n) is 9.13. The van der Waals surface area contributed by atoms with Crippen molar-refractivity contribution in [3.8, 4) is 0 Å². The second kappa shape index (κ2) is 10.3. The number of aryl methyl sites for hydroxylation is 1. The van der Waals surface area contributed by atoms with Gasteiger partial charge in [0.15, 0.2) is 5.78 Å². The lowest BCUT2D eigenvalue weighted by Gasteiger charge is -2.19. The van der Waals surface area contributed by atoms with Gasteiger partial charge in [-0.25, -0.2) is 15.0 Å². The van der Waals surface area contributed by atoms with Crippen LogP contribution in [-0.2, 0) is 6.42 Å². The van der Waals surface area contributed by atoms with Crippen LogP contribution < -0.4 is 11.1 Å². The monoisotopic (exact) mass is 547 g/mol. The number of fused-ring (bicyclic) bond motifs is 1. The molecule has 5 rings (SSSR count). The number of ketones is 1. The van der Waals surface area contributed by atoms with E-state index in [1.807, 2.05) is 30.3 Å². The van der Waals surface area contributed by atoms with E-state index in [-0.39, 0.29) is 11.7 Å². The molecule has 0 radical (unpaired) electrons. The Bertz CT molecular complexity index is 1400. The zero-order valence-corrected chi connectivity index (χ0v) is 21.0. The maximum absolute atomic E-state index is 13.0. The molecule has 1 saturated carbocycles. The molecule has 36 heavy (non-hydrogen) atoms. The predicted molar refractivity (Wildman–Crippen MR) is 142 cm³/mol. The number of benzene rings is 2. The molecule has 0 unspecified atom stereocenters. The lowest BCUT2D eigenvalue weighted by atomic mass is 9.95. The molecule has 0 spiro atoms. The lowest BCUT2D eigenvalue weighted by molar-refractivity contribution is 0.0158. The van der Waals surface area contributed by atoms with Gasteiger partial charge in [-0.3, -0.25) is 4.79 Å². The van der Waals surface area contributed by atoms with Crippen molar-refractivity contribution < 1.29 is 15.0 Å². The summed E-state index contributed by atoms with van der Waals surface area (Å²) in [5, 5.41) is 25.7. The summed E-state index contributed by atoms with van der Waals surface area (Å²) in [6, 6.07) is 16.5. The number of anilines is 2. The minimum Gasteiger partial charge on any atom is -0.390 e. The van der Waals surface area contributed by atoms with Crippen molar-refractivity contribution in [3.63, 3.8) is 0 Å². The van der Waals surface area contributed by atoms with E-state index >= 15 is 0 Å². The molecule has 0 amide bonds. The molecule has 8 nitrogen and oxygen atoms in total. The van der Waals surface area contributed by atoms with Gasteiger partial charge < -0.3 is 21.3 Å². The van der Waals surface area contributed by atoms with E-state index in [1.54, 1.807) is 24.3 Å². The first-order chi connectivity index (χ1) is 17.4. The largest absolute Gasteiger partial charge is 0.390 e. The summed E-state index contributed by atoms with van der Waals surface area (Å²) in [5.41, 5.74) is 8.68. The van der Waals surface area contributed by atoms with Gasteiger partial charge in [-0.05, 0) is 58.8 Å². The molecule has 4 aromatic rings.